The zero-order chi connectivity index (χ0) is 20.5. The number of methoxy groups -OCH3 is 3. The van der Waals surface area contributed by atoms with E-state index in [1.165, 1.54) is 32.7 Å². The van der Waals surface area contributed by atoms with Gasteiger partial charge in [0, 0.05) is 29.7 Å². The first-order valence-electron chi connectivity index (χ1n) is 8.09. The predicted molar refractivity (Wildman–Crippen MR) is 106 cm³/mol. The van der Waals surface area contributed by atoms with Crippen LogP contribution < -0.4 is 24.8 Å². The third kappa shape index (κ3) is 5.36. The van der Waals surface area contributed by atoms with Crippen molar-refractivity contribution in [1.29, 1.82) is 0 Å². The highest BCUT2D eigenvalue weighted by molar-refractivity contribution is 7.13. The molecule has 0 aliphatic heterocycles. The van der Waals surface area contributed by atoms with Crippen LogP contribution in [0.25, 0.3) is 0 Å². The molecule has 2 N–H and O–H groups in total. The van der Waals surface area contributed by atoms with E-state index >= 15 is 0 Å². The Kier molecular flexibility index (Phi) is 7.64. The molecule has 0 aliphatic rings. The third-order valence-electron chi connectivity index (χ3n) is 3.39. The number of carbonyl (C=O) groups excluding carboxylic acids is 2. The first-order valence-corrected chi connectivity index (χ1v) is 8.97. The summed E-state index contributed by atoms with van der Waals surface area (Å²) in [5.74, 6) is -0.0445. The Morgan fingerprint density at radius 3 is 2.43 bits per heavy atom. The van der Waals surface area contributed by atoms with Gasteiger partial charge < -0.3 is 29.6 Å². The van der Waals surface area contributed by atoms with Gasteiger partial charge in [0.05, 0.1) is 21.3 Å². The molecule has 0 fully saturated rings. The Balaban J connectivity index is 1.96. The lowest BCUT2D eigenvalue weighted by Crippen LogP contribution is -2.21. The molecule has 0 unspecified atom stereocenters. The summed E-state index contributed by atoms with van der Waals surface area (Å²) in [4.78, 5) is 28.2. The van der Waals surface area contributed by atoms with Crippen molar-refractivity contribution in [3.05, 3.63) is 35.9 Å². The summed E-state index contributed by atoms with van der Waals surface area (Å²) < 4.78 is 20.7. The monoisotopic (exact) mass is 407 g/mol. The van der Waals surface area contributed by atoms with E-state index in [0.717, 1.165) is 0 Å². The molecule has 150 valence electrons. The fourth-order valence-corrected chi connectivity index (χ4v) is 2.85. The van der Waals surface area contributed by atoms with E-state index in [1.54, 1.807) is 23.6 Å². The van der Waals surface area contributed by atoms with Crippen LogP contribution in [0.15, 0.2) is 30.2 Å². The minimum Gasteiger partial charge on any atom is -0.493 e. The van der Waals surface area contributed by atoms with Crippen molar-refractivity contribution in [2.24, 2.45) is 0 Å². The molecule has 1 heterocycles. The number of benzene rings is 1. The Morgan fingerprint density at radius 2 is 1.86 bits per heavy atom. The van der Waals surface area contributed by atoms with Crippen molar-refractivity contribution < 1.29 is 28.5 Å². The lowest BCUT2D eigenvalue weighted by atomic mass is 10.2. The Bertz CT molecular complexity index is 827. The van der Waals surface area contributed by atoms with E-state index < -0.39 is 18.5 Å². The molecule has 28 heavy (non-hydrogen) atoms. The van der Waals surface area contributed by atoms with Gasteiger partial charge in [-0.15, -0.1) is 17.9 Å². The van der Waals surface area contributed by atoms with Gasteiger partial charge >= 0.3 is 5.97 Å². The Hall–Kier alpha value is -3.27. The average molecular weight is 407 g/mol. The average Bonchev–Trinajstić information content (AvgIpc) is 3.18. The first kappa shape index (κ1) is 21.0. The van der Waals surface area contributed by atoms with E-state index in [9.17, 15) is 9.59 Å². The van der Waals surface area contributed by atoms with Gasteiger partial charge in [0.1, 0.15) is 0 Å². The van der Waals surface area contributed by atoms with Crippen LogP contribution in [-0.4, -0.2) is 51.3 Å². The molecule has 0 aliphatic carbocycles. The number of nitrogens with one attached hydrogen (secondary N) is 2. The van der Waals surface area contributed by atoms with Crippen molar-refractivity contribution >= 4 is 34.0 Å². The fraction of sp³-hybridized carbons (Fsp3) is 0.278. The van der Waals surface area contributed by atoms with Crippen LogP contribution in [0.3, 0.4) is 0 Å². The topological polar surface area (TPSA) is 108 Å². The van der Waals surface area contributed by atoms with Crippen molar-refractivity contribution in [3.8, 4) is 17.2 Å². The summed E-state index contributed by atoms with van der Waals surface area (Å²) in [6.07, 6.45) is 1.67. The number of nitrogens with zero attached hydrogens (tertiary/aromatic N) is 1. The van der Waals surface area contributed by atoms with E-state index in [0.29, 0.717) is 34.6 Å². The molecular weight excluding hydrogens is 386 g/mol. The summed E-state index contributed by atoms with van der Waals surface area (Å²) in [6.45, 7) is 3.64. The number of amides is 1. The van der Waals surface area contributed by atoms with Crippen molar-refractivity contribution in [2.45, 2.75) is 0 Å². The number of aromatic nitrogens is 1. The van der Waals surface area contributed by atoms with E-state index in [4.69, 9.17) is 18.9 Å². The number of anilines is 2. The normalized spacial score (nSPS) is 9.96. The standard InChI is InChI=1S/C18H21N3O6S/c1-5-6-19-18-21-12(10-28-18)17(23)27-9-15(22)20-11-7-13(24-2)16(26-4)14(8-11)25-3/h5,7-8,10H,1,6,9H2,2-4H3,(H,19,21)(H,20,22). The molecule has 0 atom stereocenters. The zero-order valence-corrected chi connectivity index (χ0v) is 16.6. The van der Waals surface area contributed by atoms with Gasteiger partial charge in [-0.3, -0.25) is 4.79 Å². The fourth-order valence-electron chi connectivity index (χ4n) is 2.16. The maximum Gasteiger partial charge on any atom is 0.358 e. The summed E-state index contributed by atoms with van der Waals surface area (Å²) in [6, 6.07) is 3.14. The number of hydrogen-bond donors (Lipinski definition) is 2. The van der Waals surface area contributed by atoms with Crippen molar-refractivity contribution in [3.63, 3.8) is 0 Å². The highest BCUT2D eigenvalue weighted by Crippen LogP contribution is 2.39. The molecule has 10 heteroatoms. The van der Waals surface area contributed by atoms with Gasteiger partial charge in [-0.25, -0.2) is 9.78 Å². The van der Waals surface area contributed by atoms with Crippen LogP contribution >= 0.6 is 11.3 Å². The molecule has 0 saturated heterocycles. The molecule has 0 spiro atoms. The predicted octanol–water partition coefficient (Wildman–Crippen LogP) is 2.56. The molecule has 1 aromatic heterocycles. The highest BCUT2D eigenvalue weighted by atomic mass is 32.1. The number of thiazole rings is 1. The number of esters is 1. The summed E-state index contributed by atoms with van der Waals surface area (Å²) >= 11 is 1.26. The summed E-state index contributed by atoms with van der Waals surface area (Å²) in [7, 11) is 4.42. The lowest BCUT2D eigenvalue weighted by Gasteiger charge is -2.14. The maximum atomic E-state index is 12.1. The zero-order valence-electron chi connectivity index (χ0n) is 15.7. The van der Waals surface area contributed by atoms with E-state index in [1.807, 2.05) is 0 Å². The van der Waals surface area contributed by atoms with Crippen LogP contribution in [0.4, 0.5) is 10.8 Å². The molecule has 2 aromatic rings. The molecule has 1 aromatic carbocycles. The van der Waals surface area contributed by atoms with Crippen molar-refractivity contribution in [1.82, 2.24) is 4.98 Å². The molecule has 2 rings (SSSR count). The molecular formula is C18H21N3O6S. The number of rotatable bonds is 10. The van der Waals surface area contributed by atoms with E-state index in [2.05, 4.69) is 22.2 Å². The summed E-state index contributed by atoms with van der Waals surface area (Å²) in [5.41, 5.74) is 0.525. The van der Waals surface area contributed by atoms with Crippen LogP contribution in [0.1, 0.15) is 10.5 Å². The van der Waals surface area contributed by atoms with Gasteiger partial charge in [-0.1, -0.05) is 6.08 Å². The van der Waals surface area contributed by atoms with Crippen LogP contribution in [-0.2, 0) is 9.53 Å². The second-order valence-corrected chi connectivity index (χ2v) is 6.10. The number of ether oxygens (including phenoxy) is 4. The summed E-state index contributed by atoms with van der Waals surface area (Å²) in [5, 5.41) is 7.69. The Morgan fingerprint density at radius 1 is 1.18 bits per heavy atom. The van der Waals surface area contributed by atoms with Crippen LogP contribution in [0, 0.1) is 0 Å². The van der Waals surface area contributed by atoms with Gasteiger partial charge in [-0.2, -0.15) is 0 Å². The minimum atomic E-state index is -0.692. The second kappa shape index (κ2) is 10.2. The second-order valence-electron chi connectivity index (χ2n) is 5.25. The molecule has 0 radical (unpaired) electrons. The molecule has 0 bridgehead atoms. The van der Waals surface area contributed by atoms with Crippen LogP contribution in [0.5, 0.6) is 17.2 Å². The van der Waals surface area contributed by atoms with Crippen LogP contribution in [0.2, 0.25) is 0 Å². The van der Waals surface area contributed by atoms with Gasteiger partial charge in [0.25, 0.3) is 5.91 Å². The van der Waals surface area contributed by atoms with Crippen molar-refractivity contribution in [2.75, 3.05) is 45.1 Å². The largest absolute Gasteiger partial charge is 0.493 e. The number of carbonyl (C=O) groups is 2. The quantitative estimate of drug-likeness (QED) is 0.457. The lowest BCUT2D eigenvalue weighted by molar-refractivity contribution is -0.119. The van der Waals surface area contributed by atoms with Gasteiger partial charge in [-0.05, 0) is 0 Å². The smallest absolute Gasteiger partial charge is 0.358 e. The first-order chi connectivity index (χ1) is 13.5. The highest BCUT2D eigenvalue weighted by Gasteiger charge is 2.17. The Labute approximate surface area is 166 Å². The molecule has 9 nitrogen and oxygen atoms in total. The maximum absolute atomic E-state index is 12.1. The molecule has 1 amide bonds. The minimum absolute atomic E-state index is 0.122. The SMILES string of the molecule is C=CCNc1nc(C(=O)OCC(=O)Nc2cc(OC)c(OC)c(OC)c2)cs1. The molecule has 0 saturated carbocycles. The van der Waals surface area contributed by atoms with Gasteiger partial charge in [0.2, 0.25) is 5.75 Å². The number of hydrogen-bond acceptors (Lipinski definition) is 9. The third-order valence-corrected chi connectivity index (χ3v) is 4.19. The van der Waals surface area contributed by atoms with E-state index in [-0.39, 0.29) is 5.69 Å². The van der Waals surface area contributed by atoms with Gasteiger partial charge in [0.15, 0.2) is 28.9 Å².